The number of carbonyl (C=O) groups excluding carboxylic acids is 1. The summed E-state index contributed by atoms with van der Waals surface area (Å²) in [4.78, 5) is 32.3. The molecule has 0 radical (unpaired) electrons. The number of ether oxygens (including phenoxy) is 1. The van der Waals surface area contributed by atoms with Crippen LogP contribution in [0.1, 0.15) is 36.1 Å². The second kappa shape index (κ2) is 9.33. The third kappa shape index (κ3) is 4.07. The van der Waals surface area contributed by atoms with Crippen molar-refractivity contribution in [2.75, 3.05) is 6.61 Å². The van der Waals surface area contributed by atoms with Crippen LogP contribution in [0.4, 0.5) is 0 Å². The number of carbonyl (C=O) groups is 1. The van der Waals surface area contributed by atoms with Crippen LogP contribution in [0.2, 0.25) is 0 Å². The molecule has 0 N–H and O–H groups in total. The van der Waals surface area contributed by atoms with Gasteiger partial charge in [0.15, 0.2) is 4.80 Å². The summed E-state index contributed by atoms with van der Waals surface area (Å²) in [5.74, 6) is 0.540. The highest BCUT2D eigenvalue weighted by Gasteiger charge is 2.33. The van der Waals surface area contributed by atoms with Crippen molar-refractivity contribution in [3.05, 3.63) is 101 Å². The summed E-state index contributed by atoms with van der Waals surface area (Å²) in [5.41, 5.74) is 1.82. The van der Waals surface area contributed by atoms with Crippen molar-refractivity contribution in [2.45, 2.75) is 19.9 Å². The Bertz CT molecular complexity index is 1680. The summed E-state index contributed by atoms with van der Waals surface area (Å²) < 4.78 is 13.2. The zero-order valence-electron chi connectivity index (χ0n) is 18.8. The molecule has 4 aromatic rings. The Kier molecular flexibility index (Phi) is 6.07. The molecule has 35 heavy (non-hydrogen) atoms. The monoisotopic (exact) mass is 501 g/mol. The van der Waals surface area contributed by atoms with E-state index in [2.05, 4.69) is 11.1 Å². The van der Waals surface area contributed by atoms with Gasteiger partial charge in [0.1, 0.15) is 17.6 Å². The number of hydrogen-bond donors (Lipinski definition) is 0. The van der Waals surface area contributed by atoms with Gasteiger partial charge in [0.2, 0.25) is 0 Å². The Morgan fingerprint density at radius 1 is 1.26 bits per heavy atom. The smallest absolute Gasteiger partial charge is 0.338 e. The van der Waals surface area contributed by atoms with Crippen LogP contribution in [-0.2, 0) is 9.53 Å². The zero-order valence-corrected chi connectivity index (χ0v) is 20.5. The van der Waals surface area contributed by atoms with E-state index in [0.717, 1.165) is 4.88 Å². The summed E-state index contributed by atoms with van der Waals surface area (Å²) in [7, 11) is 0. The Balaban J connectivity index is 1.63. The molecule has 0 aliphatic carbocycles. The minimum Gasteiger partial charge on any atom is -0.463 e. The van der Waals surface area contributed by atoms with Crippen molar-refractivity contribution in [3.8, 4) is 17.4 Å². The SMILES string of the molecule is CCOC(=O)C1=C(C)N=c2sc(=Cc3ccc(-c4ccccc4C#N)o3)c(=O)n2[C@@H]1c1cccs1. The number of benzene rings is 1. The molecule has 0 saturated carbocycles. The van der Waals surface area contributed by atoms with Crippen LogP contribution in [0.15, 0.2) is 79.4 Å². The predicted molar refractivity (Wildman–Crippen MR) is 134 cm³/mol. The lowest BCUT2D eigenvalue weighted by Gasteiger charge is -2.23. The molecule has 0 fully saturated rings. The topological polar surface area (TPSA) is 97.6 Å². The maximum atomic E-state index is 13.6. The van der Waals surface area contributed by atoms with E-state index in [1.54, 1.807) is 48.8 Å². The lowest BCUT2D eigenvalue weighted by atomic mass is 10.0. The van der Waals surface area contributed by atoms with E-state index >= 15 is 0 Å². The number of aromatic nitrogens is 1. The largest absolute Gasteiger partial charge is 0.463 e. The Labute approximate surface area is 208 Å². The third-order valence-electron chi connectivity index (χ3n) is 5.54. The summed E-state index contributed by atoms with van der Waals surface area (Å²) in [6.45, 7) is 3.73. The van der Waals surface area contributed by atoms with Gasteiger partial charge in [-0.15, -0.1) is 11.3 Å². The van der Waals surface area contributed by atoms with E-state index in [0.29, 0.717) is 43.3 Å². The van der Waals surface area contributed by atoms with Crippen LogP contribution in [0.3, 0.4) is 0 Å². The number of nitriles is 1. The van der Waals surface area contributed by atoms with Crippen LogP contribution in [-0.4, -0.2) is 17.1 Å². The van der Waals surface area contributed by atoms with Crippen molar-refractivity contribution in [1.29, 1.82) is 5.26 Å². The van der Waals surface area contributed by atoms with E-state index < -0.39 is 12.0 Å². The van der Waals surface area contributed by atoms with Crippen molar-refractivity contribution < 1.29 is 13.9 Å². The van der Waals surface area contributed by atoms with E-state index in [1.807, 2.05) is 29.6 Å². The molecule has 3 aromatic heterocycles. The van der Waals surface area contributed by atoms with Gasteiger partial charge in [-0.05, 0) is 49.6 Å². The molecule has 9 heteroatoms. The quantitative estimate of drug-likeness (QED) is 0.385. The van der Waals surface area contributed by atoms with Crippen molar-refractivity contribution in [2.24, 2.45) is 4.99 Å². The zero-order chi connectivity index (χ0) is 24.5. The number of rotatable bonds is 5. The molecular formula is C26H19N3O4S2. The highest BCUT2D eigenvalue weighted by Crippen LogP contribution is 2.33. The van der Waals surface area contributed by atoms with Gasteiger partial charge in [-0.2, -0.15) is 5.26 Å². The van der Waals surface area contributed by atoms with Gasteiger partial charge in [0, 0.05) is 16.5 Å². The molecule has 0 spiro atoms. The van der Waals surface area contributed by atoms with E-state index in [9.17, 15) is 14.9 Å². The molecule has 0 saturated heterocycles. The van der Waals surface area contributed by atoms with Crippen LogP contribution < -0.4 is 14.9 Å². The standard InChI is InChI=1S/C26H19N3O4S2/c1-3-32-25(31)22-15(2)28-26-29(23(22)20-9-6-12-34-20)24(30)21(35-26)13-17-10-11-19(33-17)18-8-5-4-7-16(18)14-27/h4-13,23H,3H2,1-2H3/t23-/m1/s1. The first-order valence-corrected chi connectivity index (χ1v) is 12.5. The summed E-state index contributed by atoms with van der Waals surface area (Å²) >= 11 is 2.70. The van der Waals surface area contributed by atoms with E-state index in [4.69, 9.17) is 9.15 Å². The number of furan rings is 1. The van der Waals surface area contributed by atoms with E-state index in [1.165, 1.54) is 22.7 Å². The number of thiazole rings is 1. The Morgan fingerprint density at radius 2 is 2.09 bits per heavy atom. The molecule has 1 aromatic carbocycles. The maximum absolute atomic E-state index is 13.6. The first-order chi connectivity index (χ1) is 17.0. The minimum atomic E-state index is -0.609. The average molecular weight is 502 g/mol. The minimum absolute atomic E-state index is 0.229. The first-order valence-electron chi connectivity index (χ1n) is 10.8. The number of thiophene rings is 1. The summed E-state index contributed by atoms with van der Waals surface area (Å²) in [6, 6.07) is 16.0. The van der Waals surface area contributed by atoms with Crippen LogP contribution >= 0.6 is 22.7 Å². The molecule has 4 heterocycles. The van der Waals surface area contributed by atoms with Crippen molar-refractivity contribution in [1.82, 2.24) is 4.57 Å². The van der Waals surface area contributed by atoms with Gasteiger partial charge in [0.25, 0.3) is 5.56 Å². The van der Waals surface area contributed by atoms with Gasteiger partial charge in [-0.3, -0.25) is 9.36 Å². The number of nitrogens with zero attached hydrogens (tertiary/aromatic N) is 3. The fourth-order valence-corrected chi connectivity index (χ4v) is 5.86. The molecule has 1 atom stereocenters. The third-order valence-corrected chi connectivity index (χ3v) is 7.45. The highest BCUT2D eigenvalue weighted by molar-refractivity contribution is 7.10. The lowest BCUT2D eigenvalue weighted by molar-refractivity contribution is -0.139. The Hall–Kier alpha value is -4.00. The predicted octanol–water partition coefficient (Wildman–Crippen LogP) is 3.99. The number of hydrogen-bond acceptors (Lipinski definition) is 8. The van der Waals surface area contributed by atoms with Gasteiger partial charge in [-0.1, -0.05) is 29.5 Å². The van der Waals surface area contributed by atoms with Crippen molar-refractivity contribution in [3.63, 3.8) is 0 Å². The fourth-order valence-electron chi connectivity index (χ4n) is 4.01. The highest BCUT2D eigenvalue weighted by atomic mass is 32.1. The average Bonchev–Trinajstić information content (AvgIpc) is 3.60. The molecule has 0 amide bonds. The van der Waals surface area contributed by atoms with Crippen LogP contribution in [0.25, 0.3) is 17.4 Å². The molecule has 0 bridgehead atoms. The molecular weight excluding hydrogens is 482 g/mol. The summed E-state index contributed by atoms with van der Waals surface area (Å²) in [5, 5.41) is 11.3. The van der Waals surface area contributed by atoms with Crippen LogP contribution in [0.5, 0.6) is 0 Å². The van der Waals surface area contributed by atoms with Gasteiger partial charge in [0.05, 0.1) is 34.0 Å². The fraction of sp³-hybridized carbons (Fsp3) is 0.154. The second-order valence-corrected chi connectivity index (χ2v) is 9.67. The summed E-state index contributed by atoms with van der Waals surface area (Å²) in [6.07, 6.45) is 1.66. The van der Waals surface area contributed by atoms with E-state index in [-0.39, 0.29) is 12.2 Å². The number of fused-ring (bicyclic) bond motifs is 1. The lowest BCUT2D eigenvalue weighted by Crippen LogP contribution is -2.39. The normalized spacial score (nSPS) is 15.5. The number of allylic oxidation sites excluding steroid dienone is 1. The molecule has 1 aliphatic heterocycles. The molecule has 0 unspecified atom stereocenters. The van der Waals surface area contributed by atoms with Crippen LogP contribution in [0, 0.1) is 11.3 Å². The first kappa shape index (κ1) is 22.8. The van der Waals surface area contributed by atoms with Crippen molar-refractivity contribution >= 4 is 34.7 Å². The molecule has 174 valence electrons. The number of esters is 1. The maximum Gasteiger partial charge on any atom is 0.338 e. The van der Waals surface area contributed by atoms with Gasteiger partial charge in [-0.25, -0.2) is 9.79 Å². The molecule has 7 nitrogen and oxygen atoms in total. The van der Waals surface area contributed by atoms with Gasteiger partial charge >= 0.3 is 5.97 Å². The van der Waals surface area contributed by atoms with Gasteiger partial charge < -0.3 is 9.15 Å². The molecule has 1 aliphatic rings. The second-order valence-electron chi connectivity index (χ2n) is 7.68. The molecule has 5 rings (SSSR count). The Morgan fingerprint density at radius 3 is 2.83 bits per heavy atom.